The molecule has 1 atom stereocenters. The van der Waals surface area contributed by atoms with Crippen LogP contribution >= 0.6 is 11.8 Å². The van der Waals surface area contributed by atoms with Gasteiger partial charge in [0.15, 0.2) is 11.5 Å². The predicted molar refractivity (Wildman–Crippen MR) is 88.3 cm³/mol. The lowest BCUT2D eigenvalue weighted by Crippen LogP contribution is -2.40. The standard InChI is InChI=1S/C16H21NO5S/c1-10-12-7-14(22-3)13(21-2)6-11(12)4-5-17(10)15(18)8-23-9-16(19)20/h6-7,10H,4-5,8-9H2,1-3H3,(H,19,20)/t10-/m0/s1. The van der Waals surface area contributed by atoms with Crippen LogP contribution in [0.3, 0.4) is 0 Å². The summed E-state index contributed by atoms with van der Waals surface area (Å²) in [4.78, 5) is 24.7. The largest absolute Gasteiger partial charge is 0.493 e. The zero-order chi connectivity index (χ0) is 17.0. The van der Waals surface area contributed by atoms with Gasteiger partial charge in [-0.05, 0) is 36.6 Å². The van der Waals surface area contributed by atoms with Crippen LogP contribution in [0.1, 0.15) is 24.1 Å². The van der Waals surface area contributed by atoms with Gasteiger partial charge in [-0.15, -0.1) is 11.8 Å². The second-order valence-electron chi connectivity index (χ2n) is 5.31. The van der Waals surface area contributed by atoms with Gasteiger partial charge in [-0.3, -0.25) is 9.59 Å². The zero-order valence-corrected chi connectivity index (χ0v) is 14.3. The van der Waals surface area contributed by atoms with Gasteiger partial charge < -0.3 is 19.5 Å². The first kappa shape index (κ1) is 17.5. The number of carboxylic acid groups (broad SMARTS) is 1. The third-order valence-electron chi connectivity index (χ3n) is 3.96. The van der Waals surface area contributed by atoms with Gasteiger partial charge in [0.2, 0.25) is 5.91 Å². The Morgan fingerprint density at radius 1 is 1.26 bits per heavy atom. The second kappa shape index (κ2) is 7.59. The highest BCUT2D eigenvalue weighted by Crippen LogP contribution is 2.38. The number of hydrogen-bond acceptors (Lipinski definition) is 5. The van der Waals surface area contributed by atoms with E-state index in [0.29, 0.717) is 18.0 Å². The number of benzene rings is 1. The quantitative estimate of drug-likeness (QED) is 0.854. The SMILES string of the molecule is COc1cc2c(cc1OC)[C@H](C)N(C(=O)CSCC(=O)O)CC2. The molecule has 0 spiro atoms. The number of amides is 1. The smallest absolute Gasteiger partial charge is 0.313 e. The second-order valence-corrected chi connectivity index (χ2v) is 6.29. The third kappa shape index (κ3) is 3.90. The van der Waals surface area contributed by atoms with E-state index >= 15 is 0 Å². The monoisotopic (exact) mass is 339 g/mol. The highest BCUT2D eigenvalue weighted by atomic mass is 32.2. The summed E-state index contributed by atoms with van der Waals surface area (Å²) in [7, 11) is 3.19. The molecule has 1 N–H and O–H groups in total. The molecule has 0 fully saturated rings. The molecule has 1 aromatic rings. The fraction of sp³-hybridized carbons (Fsp3) is 0.500. The molecule has 1 heterocycles. The molecule has 0 unspecified atom stereocenters. The van der Waals surface area contributed by atoms with Crippen molar-refractivity contribution in [1.82, 2.24) is 4.90 Å². The van der Waals surface area contributed by atoms with Crippen LogP contribution in [0.2, 0.25) is 0 Å². The Kier molecular flexibility index (Phi) is 5.76. The Hall–Kier alpha value is -1.89. The molecule has 0 aromatic heterocycles. The van der Waals surface area contributed by atoms with Gasteiger partial charge in [-0.25, -0.2) is 0 Å². The van der Waals surface area contributed by atoms with Crippen molar-refractivity contribution in [3.8, 4) is 11.5 Å². The maximum atomic E-state index is 12.3. The van der Waals surface area contributed by atoms with Crippen LogP contribution in [-0.4, -0.2) is 54.2 Å². The summed E-state index contributed by atoms with van der Waals surface area (Å²) < 4.78 is 10.7. The molecule has 6 nitrogen and oxygen atoms in total. The van der Waals surface area contributed by atoms with Crippen molar-refractivity contribution < 1.29 is 24.2 Å². The summed E-state index contributed by atoms with van der Waals surface area (Å²) in [6.07, 6.45) is 0.745. The molecule has 1 amide bonds. The Morgan fingerprint density at radius 2 is 1.91 bits per heavy atom. The van der Waals surface area contributed by atoms with E-state index in [1.165, 1.54) is 0 Å². The number of methoxy groups -OCH3 is 2. The summed E-state index contributed by atoms with van der Waals surface area (Å²) in [6, 6.07) is 3.81. The molecule has 0 aliphatic carbocycles. The van der Waals surface area contributed by atoms with Crippen LogP contribution < -0.4 is 9.47 Å². The van der Waals surface area contributed by atoms with Crippen molar-refractivity contribution in [2.75, 3.05) is 32.3 Å². The number of hydrogen-bond donors (Lipinski definition) is 1. The van der Waals surface area contributed by atoms with E-state index in [0.717, 1.165) is 29.3 Å². The Morgan fingerprint density at radius 3 is 2.52 bits per heavy atom. The lowest BCUT2D eigenvalue weighted by molar-refractivity contribution is -0.133. The normalized spacial score (nSPS) is 16.7. The van der Waals surface area contributed by atoms with Gasteiger partial charge in [0.1, 0.15) is 0 Å². The molecule has 0 saturated carbocycles. The number of carbonyl (C=O) groups is 2. The number of fused-ring (bicyclic) bond motifs is 1. The first-order chi connectivity index (χ1) is 11.0. The minimum absolute atomic E-state index is 0.0378. The van der Waals surface area contributed by atoms with Gasteiger partial charge in [0.05, 0.1) is 31.8 Å². The van der Waals surface area contributed by atoms with E-state index in [1.54, 1.807) is 19.1 Å². The van der Waals surface area contributed by atoms with Gasteiger partial charge in [-0.2, -0.15) is 0 Å². The van der Waals surface area contributed by atoms with Gasteiger partial charge in [0, 0.05) is 6.54 Å². The van der Waals surface area contributed by atoms with Gasteiger partial charge in [-0.1, -0.05) is 0 Å². The van der Waals surface area contributed by atoms with Crippen molar-refractivity contribution in [3.05, 3.63) is 23.3 Å². The molecule has 1 aliphatic rings. The van der Waals surface area contributed by atoms with E-state index < -0.39 is 5.97 Å². The van der Waals surface area contributed by atoms with Gasteiger partial charge in [0.25, 0.3) is 0 Å². The lowest BCUT2D eigenvalue weighted by atomic mass is 9.93. The molecular weight excluding hydrogens is 318 g/mol. The first-order valence-electron chi connectivity index (χ1n) is 7.31. The van der Waals surface area contributed by atoms with Crippen molar-refractivity contribution in [2.45, 2.75) is 19.4 Å². The molecule has 0 bridgehead atoms. The Bertz CT molecular complexity index is 604. The molecule has 23 heavy (non-hydrogen) atoms. The van der Waals surface area contributed by atoms with Crippen LogP contribution in [0, 0.1) is 0 Å². The molecular formula is C16H21NO5S. The summed E-state index contributed by atoms with van der Waals surface area (Å²) in [6.45, 7) is 2.60. The average molecular weight is 339 g/mol. The van der Waals surface area contributed by atoms with Gasteiger partial charge >= 0.3 is 5.97 Å². The maximum Gasteiger partial charge on any atom is 0.313 e. The van der Waals surface area contributed by atoms with Crippen LogP contribution in [0.4, 0.5) is 0 Å². The number of aliphatic carboxylic acids is 1. The third-order valence-corrected chi connectivity index (χ3v) is 4.86. The van der Waals surface area contributed by atoms with Crippen molar-refractivity contribution in [3.63, 3.8) is 0 Å². The van der Waals surface area contributed by atoms with Crippen LogP contribution in [0.25, 0.3) is 0 Å². The fourth-order valence-corrected chi connectivity index (χ4v) is 3.41. The minimum Gasteiger partial charge on any atom is -0.493 e. The van der Waals surface area contributed by atoms with E-state index in [1.807, 2.05) is 19.1 Å². The number of nitrogens with zero attached hydrogens (tertiary/aromatic N) is 1. The van der Waals surface area contributed by atoms with Crippen LogP contribution in [-0.2, 0) is 16.0 Å². The first-order valence-corrected chi connectivity index (χ1v) is 8.47. The lowest BCUT2D eigenvalue weighted by Gasteiger charge is -2.35. The summed E-state index contributed by atoms with van der Waals surface area (Å²) in [5, 5.41) is 8.65. The Balaban J connectivity index is 2.15. The molecule has 1 aliphatic heterocycles. The molecule has 126 valence electrons. The molecule has 7 heteroatoms. The maximum absolute atomic E-state index is 12.3. The van der Waals surface area contributed by atoms with E-state index in [-0.39, 0.29) is 23.5 Å². The summed E-state index contributed by atoms with van der Waals surface area (Å²) in [5.74, 6) is 0.512. The predicted octanol–water partition coefficient (Wildman–Crippen LogP) is 1.97. The van der Waals surface area contributed by atoms with Crippen molar-refractivity contribution in [2.24, 2.45) is 0 Å². The average Bonchev–Trinajstić information content (AvgIpc) is 2.53. The van der Waals surface area contributed by atoms with Crippen molar-refractivity contribution >= 4 is 23.6 Å². The number of ether oxygens (including phenoxy) is 2. The van der Waals surface area contributed by atoms with Crippen LogP contribution in [0.15, 0.2) is 12.1 Å². The highest BCUT2D eigenvalue weighted by molar-refractivity contribution is 8.00. The number of rotatable bonds is 6. The molecule has 0 saturated heterocycles. The summed E-state index contributed by atoms with van der Waals surface area (Å²) in [5.41, 5.74) is 2.20. The van der Waals surface area contributed by atoms with E-state index in [2.05, 4.69) is 0 Å². The topological polar surface area (TPSA) is 76.1 Å². The minimum atomic E-state index is -0.906. The molecule has 2 rings (SSSR count). The summed E-state index contributed by atoms with van der Waals surface area (Å²) >= 11 is 1.12. The Labute approximate surface area is 139 Å². The van der Waals surface area contributed by atoms with E-state index in [9.17, 15) is 9.59 Å². The molecule has 1 aromatic carbocycles. The fourth-order valence-electron chi connectivity index (χ4n) is 2.79. The zero-order valence-electron chi connectivity index (χ0n) is 13.5. The van der Waals surface area contributed by atoms with Crippen LogP contribution in [0.5, 0.6) is 11.5 Å². The van der Waals surface area contributed by atoms with E-state index in [4.69, 9.17) is 14.6 Å². The number of carbonyl (C=O) groups excluding carboxylic acids is 1. The number of carboxylic acids is 1. The highest BCUT2D eigenvalue weighted by Gasteiger charge is 2.29. The number of thioether (sulfide) groups is 1. The molecule has 0 radical (unpaired) electrons. The van der Waals surface area contributed by atoms with Crippen molar-refractivity contribution in [1.29, 1.82) is 0 Å².